The molecule has 1 aromatic rings. The Labute approximate surface area is 148 Å². The van der Waals surface area contributed by atoms with Crippen LogP contribution in [0.3, 0.4) is 0 Å². The van der Waals surface area contributed by atoms with Crippen molar-refractivity contribution < 1.29 is 44.2 Å². The molecule has 1 fully saturated rings. The van der Waals surface area contributed by atoms with Crippen molar-refractivity contribution in [3.05, 3.63) is 34.4 Å². The molecule has 0 bridgehead atoms. The van der Waals surface area contributed by atoms with Crippen LogP contribution >= 0.6 is 11.8 Å². The maximum Gasteiger partial charge on any atom is 1.00 e. The monoisotopic (exact) mass is 313 g/mol. The number of hydrogen-bond donors (Lipinski definition) is 0. The van der Waals surface area contributed by atoms with Gasteiger partial charge in [0.25, 0.3) is 0 Å². The molecule has 1 aromatic heterocycles. The molecule has 0 N–H and O–H groups in total. The Hall–Kier alpha value is -0.730. The smallest absolute Gasteiger partial charge is 0.543 e. The van der Waals surface area contributed by atoms with Crippen LogP contribution in [0.15, 0.2) is 22.9 Å². The van der Waals surface area contributed by atoms with Crippen LogP contribution in [0.1, 0.15) is 11.5 Å². The zero-order valence-corrected chi connectivity index (χ0v) is 14.4. The third-order valence-electron chi connectivity index (χ3n) is 3.70. The summed E-state index contributed by atoms with van der Waals surface area (Å²) >= 11 is 1.51. The Bertz CT molecular complexity index is 632. The number of thioether (sulfide) groups is 1. The van der Waals surface area contributed by atoms with Crippen LogP contribution in [0.25, 0.3) is 6.08 Å². The number of ether oxygens (including phenoxy) is 1. The summed E-state index contributed by atoms with van der Waals surface area (Å²) in [5.74, 6) is -0.152. The van der Waals surface area contributed by atoms with Crippen molar-refractivity contribution in [2.45, 2.75) is 18.5 Å². The van der Waals surface area contributed by atoms with Gasteiger partial charge in [-0.15, -0.1) is 11.8 Å². The van der Waals surface area contributed by atoms with Crippen LogP contribution < -0.4 is 34.7 Å². The van der Waals surface area contributed by atoms with Crippen LogP contribution in [0, 0.1) is 0 Å². The van der Waals surface area contributed by atoms with Gasteiger partial charge in [-0.2, -0.15) is 0 Å². The summed E-state index contributed by atoms with van der Waals surface area (Å²) in [6.07, 6.45) is 4.08. The van der Waals surface area contributed by atoms with E-state index in [1.807, 2.05) is 17.2 Å². The minimum Gasteiger partial charge on any atom is -0.543 e. The second-order valence-electron chi connectivity index (χ2n) is 4.95. The van der Waals surface area contributed by atoms with Gasteiger partial charge in [0.05, 0.1) is 24.0 Å². The van der Waals surface area contributed by atoms with Crippen molar-refractivity contribution in [2.24, 2.45) is 0 Å². The van der Waals surface area contributed by atoms with Crippen molar-refractivity contribution >= 4 is 23.8 Å². The Kier molecular flexibility index (Phi) is 4.20. The minimum absolute atomic E-state index is 0. The molecule has 4 heterocycles. The zero-order valence-electron chi connectivity index (χ0n) is 11.6. The second-order valence-corrected chi connectivity index (χ2v) is 5.91. The van der Waals surface area contributed by atoms with E-state index in [0.29, 0.717) is 13.2 Å². The van der Waals surface area contributed by atoms with Gasteiger partial charge in [-0.3, -0.25) is 0 Å². The third-order valence-corrected chi connectivity index (χ3v) is 4.87. The van der Waals surface area contributed by atoms with Gasteiger partial charge in [0, 0.05) is 19.3 Å². The Morgan fingerprint density at radius 1 is 1.57 bits per heavy atom. The average molecular weight is 313 g/mol. The number of carbonyl (C=O) groups excluding carboxylic acids is 1. The number of rotatable bonds is 2. The second kappa shape index (κ2) is 5.81. The molecule has 4 rings (SSSR count). The maximum absolute atomic E-state index is 10.9. The number of aromatic nitrogens is 2. The fraction of sp³-hybridized carbons (Fsp3) is 0.385. The first-order valence-corrected chi connectivity index (χ1v) is 7.34. The number of fused-ring (bicyclic) bond motifs is 2. The Morgan fingerprint density at radius 2 is 2.43 bits per heavy atom. The van der Waals surface area contributed by atoms with Crippen molar-refractivity contribution in [1.29, 1.82) is 0 Å². The molecule has 0 aliphatic carbocycles. The summed E-state index contributed by atoms with van der Waals surface area (Å²) < 4.78 is 7.48. The van der Waals surface area contributed by atoms with Crippen LogP contribution in [0.2, 0.25) is 0 Å². The van der Waals surface area contributed by atoms with Gasteiger partial charge in [0.1, 0.15) is 17.8 Å². The molecule has 0 aromatic carbocycles. The van der Waals surface area contributed by atoms with Gasteiger partial charge >= 0.3 is 29.6 Å². The first kappa shape index (κ1) is 15.2. The fourth-order valence-electron chi connectivity index (χ4n) is 2.67. The quantitative estimate of drug-likeness (QED) is 0.535. The van der Waals surface area contributed by atoms with E-state index in [1.165, 1.54) is 17.3 Å². The number of nitrogens with zero attached hydrogens (tertiary/aromatic N) is 3. The summed E-state index contributed by atoms with van der Waals surface area (Å²) in [6.45, 7) is 2.76. The topological polar surface area (TPSA) is 70.4 Å². The van der Waals surface area contributed by atoms with Gasteiger partial charge in [0.2, 0.25) is 0 Å². The summed E-state index contributed by atoms with van der Waals surface area (Å²) in [5.41, 5.74) is 2.40. The number of carbonyl (C=O) groups is 1. The van der Waals surface area contributed by atoms with E-state index in [9.17, 15) is 9.90 Å². The first-order valence-electron chi connectivity index (χ1n) is 6.40. The summed E-state index contributed by atoms with van der Waals surface area (Å²) in [7, 11) is 0. The molecule has 0 saturated carbocycles. The normalized spacial score (nSPS) is 24.8. The molecule has 3 aliphatic heterocycles. The number of hydrogen-bond acceptors (Lipinski definition) is 6. The molecule has 21 heavy (non-hydrogen) atoms. The predicted octanol–water partition coefficient (Wildman–Crippen LogP) is -3.22. The molecule has 0 amide bonds. The molecule has 6 nitrogen and oxygen atoms in total. The van der Waals surface area contributed by atoms with Gasteiger partial charge in [-0.1, -0.05) is 0 Å². The van der Waals surface area contributed by atoms with Crippen molar-refractivity contribution in [3.8, 4) is 0 Å². The molecule has 104 valence electrons. The standard InChI is InChI=1S/C13H13N3O3S.Na/c17-13(18)10-7-20-12-8(4-16(10)12)3-9-5-15-1-2-19-6-11(15)14-9;/h3,5,7,12H,1-2,4,6H2,(H,17,18);/q;+1/p-1/b8-3-;/t12-;/m1./s1. The van der Waals surface area contributed by atoms with Crippen LogP contribution in [0.5, 0.6) is 0 Å². The molecule has 0 radical (unpaired) electrons. The number of aliphatic carboxylic acids is 1. The van der Waals surface area contributed by atoms with Gasteiger partial charge in [-0.05, 0) is 17.1 Å². The third kappa shape index (κ3) is 2.57. The summed E-state index contributed by atoms with van der Waals surface area (Å²) in [5, 5.41) is 12.7. The van der Waals surface area contributed by atoms with E-state index in [4.69, 9.17) is 4.74 Å². The van der Waals surface area contributed by atoms with E-state index >= 15 is 0 Å². The van der Waals surface area contributed by atoms with E-state index in [2.05, 4.69) is 9.55 Å². The van der Waals surface area contributed by atoms with Crippen molar-refractivity contribution in [2.75, 3.05) is 13.2 Å². The SMILES string of the molecule is O=C([O-])C1=CS[C@@H]2/C(=C\c3cn4c(n3)COCC4)CN12.[Na+]. The molecule has 3 aliphatic rings. The van der Waals surface area contributed by atoms with Gasteiger partial charge < -0.3 is 24.1 Å². The Morgan fingerprint density at radius 3 is 3.19 bits per heavy atom. The molecule has 0 spiro atoms. The van der Waals surface area contributed by atoms with Crippen LogP contribution in [0.4, 0.5) is 0 Å². The largest absolute Gasteiger partial charge is 1.00 e. The first-order chi connectivity index (χ1) is 9.72. The molecule has 8 heteroatoms. The van der Waals surface area contributed by atoms with Crippen LogP contribution in [-0.4, -0.2) is 38.9 Å². The molecular weight excluding hydrogens is 301 g/mol. The zero-order chi connectivity index (χ0) is 13.7. The van der Waals surface area contributed by atoms with Gasteiger partial charge in [0.15, 0.2) is 0 Å². The minimum atomic E-state index is -1.10. The molecule has 0 unspecified atom stereocenters. The molecule has 1 saturated heterocycles. The molecule has 1 atom stereocenters. The molecular formula is C13H12N3NaO3S. The van der Waals surface area contributed by atoms with E-state index in [1.54, 1.807) is 5.41 Å². The Balaban J connectivity index is 0.00000132. The summed E-state index contributed by atoms with van der Waals surface area (Å²) in [6, 6.07) is 0. The van der Waals surface area contributed by atoms with E-state index < -0.39 is 5.97 Å². The van der Waals surface area contributed by atoms with Crippen LogP contribution in [-0.2, 0) is 22.7 Å². The summed E-state index contributed by atoms with van der Waals surface area (Å²) in [4.78, 5) is 17.3. The van der Waals surface area contributed by atoms with E-state index in [-0.39, 0.29) is 40.6 Å². The maximum atomic E-state index is 10.9. The number of carboxylic acids is 1. The fourth-order valence-corrected chi connectivity index (χ4v) is 3.81. The number of carboxylic acid groups (broad SMARTS) is 1. The predicted molar refractivity (Wildman–Crippen MR) is 71.0 cm³/mol. The van der Waals surface area contributed by atoms with Gasteiger partial charge in [-0.25, -0.2) is 4.98 Å². The van der Waals surface area contributed by atoms with E-state index in [0.717, 1.165) is 24.7 Å². The van der Waals surface area contributed by atoms with Crippen molar-refractivity contribution in [3.63, 3.8) is 0 Å². The number of imidazole rings is 1. The van der Waals surface area contributed by atoms with Crippen molar-refractivity contribution in [1.82, 2.24) is 14.5 Å². The average Bonchev–Trinajstić information content (AvgIpc) is 2.96.